The third-order valence-corrected chi connectivity index (χ3v) is 6.26. The van der Waals surface area contributed by atoms with Gasteiger partial charge in [0, 0.05) is 11.9 Å². The Hall–Kier alpha value is -1.44. The molecule has 0 aliphatic heterocycles. The van der Waals surface area contributed by atoms with E-state index in [1.165, 1.54) is 21.9 Å². The highest BCUT2D eigenvalue weighted by Crippen LogP contribution is 2.47. The Bertz CT molecular complexity index is 790. The Kier molecular flexibility index (Phi) is 9.24. The van der Waals surface area contributed by atoms with E-state index in [1.54, 1.807) is 26.1 Å². The lowest BCUT2D eigenvalue weighted by molar-refractivity contribution is 0.126. The molecule has 0 saturated heterocycles. The monoisotopic (exact) mass is 412 g/mol. The van der Waals surface area contributed by atoms with Crippen molar-refractivity contribution < 1.29 is 18.3 Å². The molecule has 0 aliphatic carbocycles. The molecule has 0 amide bonds. The van der Waals surface area contributed by atoms with Crippen molar-refractivity contribution in [3.63, 3.8) is 0 Å². The first-order valence-corrected chi connectivity index (χ1v) is 11.5. The lowest BCUT2D eigenvalue weighted by Gasteiger charge is -2.17. The van der Waals surface area contributed by atoms with Crippen LogP contribution in [0.5, 0.6) is 0 Å². The minimum Gasteiger partial charge on any atom is -0.367 e. The van der Waals surface area contributed by atoms with Gasteiger partial charge in [-0.05, 0) is 25.5 Å². The molecule has 9 heteroatoms. The van der Waals surface area contributed by atoms with Crippen LogP contribution in [-0.4, -0.2) is 35.7 Å². The van der Waals surface area contributed by atoms with E-state index in [4.69, 9.17) is 13.8 Å². The zero-order chi connectivity index (χ0) is 19.5. The Morgan fingerprint density at radius 1 is 1.11 bits per heavy atom. The van der Waals surface area contributed by atoms with Crippen LogP contribution in [0.3, 0.4) is 0 Å². The standard InChI is InChI=1S/C18H25N2O5PS/c1-3-24-26(22,25-4-2)15-23-13-12-20-11-10-17(19-18(20)21)27-14-16-8-6-5-7-9-16/h5-11H,3-4,12-15H2,1-2H3. The van der Waals surface area contributed by atoms with Gasteiger partial charge in [0.1, 0.15) is 11.4 Å². The summed E-state index contributed by atoms with van der Waals surface area (Å²) in [6.45, 7) is 4.58. The number of rotatable bonds is 12. The van der Waals surface area contributed by atoms with Crippen LogP contribution in [0.15, 0.2) is 52.4 Å². The lowest BCUT2D eigenvalue weighted by atomic mass is 10.2. The molecule has 0 bridgehead atoms. The van der Waals surface area contributed by atoms with Gasteiger partial charge in [-0.3, -0.25) is 9.13 Å². The van der Waals surface area contributed by atoms with Gasteiger partial charge in [0.15, 0.2) is 0 Å². The zero-order valence-corrected chi connectivity index (χ0v) is 17.3. The van der Waals surface area contributed by atoms with Crippen LogP contribution in [0.4, 0.5) is 0 Å². The van der Waals surface area contributed by atoms with Gasteiger partial charge in [-0.1, -0.05) is 30.3 Å². The molecular formula is C18H25N2O5PS. The Morgan fingerprint density at radius 2 is 1.81 bits per heavy atom. The average Bonchev–Trinajstić information content (AvgIpc) is 2.66. The van der Waals surface area contributed by atoms with Crippen molar-refractivity contribution in [3.8, 4) is 0 Å². The molecule has 7 nitrogen and oxygen atoms in total. The van der Waals surface area contributed by atoms with Crippen LogP contribution in [-0.2, 0) is 30.6 Å². The van der Waals surface area contributed by atoms with Crippen LogP contribution in [0.1, 0.15) is 19.4 Å². The molecule has 0 spiro atoms. The molecular weight excluding hydrogens is 387 g/mol. The molecule has 0 aliphatic rings. The predicted molar refractivity (Wildman–Crippen MR) is 106 cm³/mol. The second-order valence-electron chi connectivity index (χ2n) is 5.50. The largest absolute Gasteiger partial charge is 0.367 e. The first kappa shape index (κ1) is 21.9. The Labute approximate surface area is 163 Å². The normalized spacial score (nSPS) is 11.6. The summed E-state index contributed by atoms with van der Waals surface area (Å²) in [5, 5.41) is 0.679. The highest BCUT2D eigenvalue weighted by Gasteiger charge is 2.23. The van der Waals surface area contributed by atoms with Gasteiger partial charge in [-0.2, -0.15) is 4.98 Å². The second-order valence-corrected chi connectivity index (χ2v) is 8.49. The molecule has 0 N–H and O–H groups in total. The highest BCUT2D eigenvalue weighted by atomic mass is 32.2. The van der Waals surface area contributed by atoms with Gasteiger partial charge >= 0.3 is 13.3 Å². The highest BCUT2D eigenvalue weighted by molar-refractivity contribution is 7.98. The van der Waals surface area contributed by atoms with Crippen molar-refractivity contribution in [1.29, 1.82) is 0 Å². The summed E-state index contributed by atoms with van der Waals surface area (Å²) in [6.07, 6.45) is 1.55. The Morgan fingerprint density at radius 3 is 2.44 bits per heavy atom. The maximum absolute atomic E-state index is 12.3. The fourth-order valence-corrected chi connectivity index (χ4v) is 4.41. The molecule has 2 rings (SSSR count). The smallest absolute Gasteiger partial charge is 0.356 e. The lowest BCUT2D eigenvalue weighted by Crippen LogP contribution is -2.24. The SMILES string of the molecule is CCOP(=O)(COCCn1ccc(SCc2ccccc2)nc1=O)OCC. The Balaban J connectivity index is 1.82. The fraction of sp³-hybridized carbons (Fsp3) is 0.444. The third-order valence-electron chi connectivity index (χ3n) is 3.46. The maximum Gasteiger partial charge on any atom is 0.356 e. The third kappa shape index (κ3) is 7.60. The van der Waals surface area contributed by atoms with Crippen LogP contribution in [0, 0.1) is 0 Å². The van der Waals surface area contributed by atoms with Crippen molar-refractivity contribution in [2.45, 2.75) is 31.2 Å². The van der Waals surface area contributed by atoms with Crippen LogP contribution < -0.4 is 5.69 Å². The molecule has 0 atom stereocenters. The van der Waals surface area contributed by atoms with Crippen molar-refractivity contribution >= 4 is 19.4 Å². The van der Waals surface area contributed by atoms with Gasteiger partial charge in [0.2, 0.25) is 0 Å². The summed E-state index contributed by atoms with van der Waals surface area (Å²) in [6, 6.07) is 11.8. The molecule has 0 saturated carbocycles. The summed E-state index contributed by atoms with van der Waals surface area (Å²) in [5.74, 6) is 0.755. The summed E-state index contributed by atoms with van der Waals surface area (Å²) in [4.78, 5) is 16.2. The summed E-state index contributed by atoms with van der Waals surface area (Å²) in [5.41, 5.74) is 0.837. The number of hydrogen-bond donors (Lipinski definition) is 0. The number of thioether (sulfide) groups is 1. The second kappa shape index (κ2) is 11.4. The van der Waals surface area contributed by atoms with Gasteiger partial charge < -0.3 is 13.8 Å². The summed E-state index contributed by atoms with van der Waals surface area (Å²) in [7, 11) is -3.23. The van der Waals surface area contributed by atoms with Crippen molar-refractivity contribution in [2.24, 2.45) is 0 Å². The molecule has 0 radical (unpaired) electrons. The molecule has 1 aromatic carbocycles. The molecule has 2 aromatic rings. The van der Waals surface area contributed by atoms with Crippen molar-refractivity contribution in [2.75, 3.05) is 26.2 Å². The summed E-state index contributed by atoms with van der Waals surface area (Å²) >= 11 is 1.51. The minimum absolute atomic E-state index is 0.137. The quantitative estimate of drug-likeness (QED) is 0.227. The van der Waals surface area contributed by atoms with Crippen LogP contribution in [0.2, 0.25) is 0 Å². The zero-order valence-electron chi connectivity index (χ0n) is 15.6. The van der Waals surface area contributed by atoms with Gasteiger partial charge in [-0.15, -0.1) is 11.8 Å². The van der Waals surface area contributed by atoms with E-state index in [0.717, 1.165) is 5.75 Å². The van der Waals surface area contributed by atoms with Gasteiger partial charge in [0.05, 0.1) is 26.4 Å². The van der Waals surface area contributed by atoms with E-state index in [1.807, 2.05) is 30.3 Å². The van der Waals surface area contributed by atoms with E-state index in [0.29, 0.717) is 11.6 Å². The minimum atomic E-state index is -3.23. The molecule has 0 unspecified atom stereocenters. The molecule has 1 heterocycles. The first-order chi connectivity index (χ1) is 13.1. The first-order valence-electron chi connectivity index (χ1n) is 8.76. The van der Waals surface area contributed by atoms with Gasteiger partial charge in [-0.25, -0.2) is 4.79 Å². The van der Waals surface area contributed by atoms with Crippen molar-refractivity contribution in [3.05, 3.63) is 58.6 Å². The number of ether oxygens (including phenoxy) is 1. The van der Waals surface area contributed by atoms with E-state index in [2.05, 4.69) is 4.98 Å². The molecule has 0 fully saturated rings. The predicted octanol–water partition coefficient (Wildman–Crippen LogP) is 3.78. The number of benzene rings is 1. The molecule has 1 aromatic heterocycles. The van der Waals surface area contributed by atoms with E-state index < -0.39 is 7.60 Å². The van der Waals surface area contributed by atoms with Gasteiger partial charge in [0.25, 0.3) is 0 Å². The number of aromatic nitrogens is 2. The number of nitrogens with zero attached hydrogens (tertiary/aromatic N) is 2. The molecule has 27 heavy (non-hydrogen) atoms. The van der Waals surface area contributed by atoms with E-state index in [-0.39, 0.29) is 31.9 Å². The van der Waals surface area contributed by atoms with Crippen LogP contribution in [0.25, 0.3) is 0 Å². The van der Waals surface area contributed by atoms with Crippen LogP contribution >= 0.6 is 19.4 Å². The van der Waals surface area contributed by atoms with E-state index in [9.17, 15) is 9.36 Å². The van der Waals surface area contributed by atoms with Crippen molar-refractivity contribution in [1.82, 2.24) is 9.55 Å². The topological polar surface area (TPSA) is 79.7 Å². The average molecular weight is 412 g/mol. The van der Waals surface area contributed by atoms with E-state index >= 15 is 0 Å². The maximum atomic E-state index is 12.3. The molecule has 148 valence electrons. The fourth-order valence-electron chi connectivity index (χ4n) is 2.24. The number of hydrogen-bond acceptors (Lipinski definition) is 7. The summed E-state index contributed by atoms with van der Waals surface area (Å²) < 4.78 is 29.4.